The largest absolute Gasteiger partial charge is 0.504 e. The van der Waals surface area contributed by atoms with Crippen molar-refractivity contribution in [3.05, 3.63) is 58.7 Å². The van der Waals surface area contributed by atoms with E-state index in [0.717, 1.165) is 17.5 Å². The molecule has 0 spiro atoms. The fourth-order valence-corrected chi connectivity index (χ4v) is 2.86. The van der Waals surface area contributed by atoms with Crippen LogP contribution in [0.3, 0.4) is 0 Å². The molecule has 124 valence electrons. The molecule has 0 radical (unpaired) electrons. The van der Waals surface area contributed by atoms with Gasteiger partial charge in [-0.25, -0.2) is 0 Å². The van der Waals surface area contributed by atoms with Crippen molar-refractivity contribution >= 4 is 11.9 Å². The first kappa shape index (κ1) is 16.1. The Labute approximate surface area is 141 Å². The van der Waals surface area contributed by atoms with Crippen LogP contribution in [-0.2, 0) is 6.42 Å². The summed E-state index contributed by atoms with van der Waals surface area (Å²) in [5.74, 6) is 1.13. The SMILES string of the molecule is CCCOc1cccc2c1C(=O)C(=Cc1ccc(O)c(OC)c1)C2. The van der Waals surface area contributed by atoms with Crippen LogP contribution in [0.25, 0.3) is 6.08 Å². The van der Waals surface area contributed by atoms with Gasteiger partial charge in [0.05, 0.1) is 19.3 Å². The highest BCUT2D eigenvalue weighted by molar-refractivity contribution is 6.17. The Hall–Kier alpha value is -2.75. The number of phenolic OH excluding ortho intramolecular Hbond substituents is 1. The van der Waals surface area contributed by atoms with E-state index in [1.807, 2.05) is 31.2 Å². The van der Waals surface area contributed by atoms with Crippen LogP contribution in [0.1, 0.15) is 34.8 Å². The third-order valence-electron chi connectivity index (χ3n) is 4.02. The number of ether oxygens (including phenoxy) is 2. The lowest BCUT2D eigenvalue weighted by atomic mass is 10.1. The minimum Gasteiger partial charge on any atom is -0.504 e. The molecule has 0 heterocycles. The summed E-state index contributed by atoms with van der Waals surface area (Å²) < 4.78 is 10.8. The number of phenols is 1. The van der Waals surface area contributed by atoms with Gasteiger partial charge in [0.15, 0.2) is 17.3 Å². The van der Waals surface area contributed by atoms with Gasteiger partial charge in [0.25, 0.3) is 0 Å². The number of hydrogen-bond acceptors (Lipinski definition) is 4. The summed E-state index contributed by atoms with van der Waals surface area (Å²) in [6, 6.07) is 10.8. The van der Waals surface area contributed by atoms with Crippen molar-refractivity contribution in [3.8, 4) is 17.2 Å². The number of Topliss-reactive ketones (excluding diaryl/α,β-unsaturated/α-hetero) is 1. The topological polar surface area (TPSA) is 55.8 Å². The van der Waals surface area contributed by atoms with Gasteiger partial charge >= 0.3 is 0 Å². The van der Waals surface area contributed by atoms with Crippen molar-refractivity contribution < 1.29 is 19.4 Å². The van der Waals surface area contributed by atoms with Gasteiger partial charge < -0.3 is 14.6 Å². The maximum absolute atomic E-state index is 12.8. The molecular formula is C20H20O4. The smallest absolute Gasteiger partial charge is 0.193 e. The van der Waals surface area contributed by atoms with Crippen molar-refractivity contribution in [3.63, 3.8) is 0 Å². The van der Waals surface area contributed by atoms with Crippen LogP contribution in [0.2, 0.25) is 0 Å². The third kappa shape index (κ3) is 3.00. The number of carbonyl (C=O) groups is 1. The zero-order chi connectivity index (χ0) is 17.1. The van der Waals surface area contributed by atoms with Crippen LogP contribution in [0.15, 0.2) is 42.0 Å². The molecule has 1 aliphatic carbocycles. The van der Waals surface area contributed by atoms with Gasteiger partial charge in [-0.2, -0.15) is 0 Å². The number of benzene rings is 2. The molecule has 4 nitrogen and oxygen atoms in total. The van der Waals surface area contributed by atoms with Crippen molar-refractivity contribution in [2.45, 2.75) is 19.8 Å². The van der Waals surface area contributed by atoms with Crippen LogP contribution in [0, 0.1) is 0 Å². The molecule has 0 saturated heterocycles. The highest BCUT2D eigenvalue weighted by Gasteiger charge is 2.28. The third-order valence-corrected chi connectivity index (χ3v) is 4.02. The monoisotopic (exact) mass is 324 g/mol. The van der Waals surface area contributed by atoms with E-state index in [0.29, 0.717) is 35.7 Å². The Morgan fingerprint density at radius 3 is 2.79 bits per heavy atom. The summed E-state index contributed by atoms with van der Waals surface area (Å²) in [4.78, 5) is 12.8. The van der Waals surface area contributed by atoms with Gasteiger partial charge in [0.2, 0.25) is 0 Å². The van der Waals surface area contributed by atoms with Crippen LogP contribution < -0.4 is 9.47 Å². The van der Waals surface area contributed by atoms with E-state index < -0.39 is 0 Å². The van der Waals surface area contributed by atoms with Crippen molar-refractivity contribution in [1.82, 2.24) is 0 Å². The van der Waals surface area contributed by atoms with Crippen molar-refractivity contribution in [2.24, 2.45) is 0 Å². The lowest BCUT2D eigenvalue weighted by Gasteiger charge is -2.08. The molecule has 2 aromatic rings. The Morgan fingerprint density at radius 2 is 2.04 bits per heavy atom. The van der Waals surface area contributed by atoms with Crippen LogP contribution >= 0.6 is 0 Å². The van der Waals surface area contributed by atoms with Crippen molar-refractivity contribution in [2.75, 3.05) is 13.7 Å². The summed E-state index contributed by atoms with van der Waals surface area (Å²) in [5, 5.41) is 9.68. The first-order valence-electron chi connectivity index (χ1n) is 8.01. The molecule has 4 heteroatoms. The van der Waals surface area contributed by atoms with Gasteiger partial charge in [0.1, 0.15) is 5.75 Å². The van der Waals surface area contributed by atoms with Gasteiger partial charge in [-0.05, 0) is 41.8 Å². The van der Waals surface area contributed by atoms with Gasteiger partial charge in [-0.15, -0.1) is 0 Å². The van der Waals surface area contributed by atoms with Crippen molar-refractivity contribution in [1.29, 1.82) is 0 Å². The lowest BCUT2D eigenvalue weighted by Crippen LogP contribution is -2.02. The van der Waals surface area contributed by atoms with Crippen LogP contribution in [-0.4, -0.2) is 24.6 Å². The van der Waals surface area contributed by atoms with Crippen LogP contribution in [0.4, 0.5) is 0 Å². The Bertz CT molecular complexity index is 805. The summed E-state index contributed by atoms with van der Waals surface area (Å²) in [7, 11) is 1.50. The summed E-state index contributed by atoms with van der Waals surface area (Å²) in [6.45, 7) is 2.63. The van der Waals surface area contributed by atoms with Gasteiger partial charge in [-0.3, -0.25) is 4.79 Å². The number of rotatable bonds is 5. The zero-order valence-corrected chi connectivity index (χ0v) is 13.8. The maximum atomic E-state index is 12.8. The molecule has 1 aliphatic rings. The molecule has 0 aliphatic heterocycles. The van der Waals surface area contributed by atoms with Gasteiger partial charge in [0, 0.05) is 12.0 Å². The molecule has 1 N–H and O–H groups in total. The highest BCUT2D eigenvalue weighted by atomic mass is 16.5. The minimum absolute atomic E-state index is 0.00347. The second-order valence-corrected chi connectivity index (χ2v) is 5.75. The second kappa shape index (κ2) is 6.79. The number of aromatic hydroxyl groups is 1. The Morgan fingerprint density at radius 1 is 1.21 bits per heavy atom. The molecule has 0 atom stereocenters. The number of ketones is 1. The number of fused-ring (bicyclic) bond motifs is 1. The molecule has 0 amide bonds. The minimum atomic E-state index is 0.00347. The van der Waals surface area contributed by atoms with E-state index in [4.69, 9.17) is 9.47 Å². The molecule has 0 aromatic heterocycles. The predicted octanol–water partition coefficient (Wildman–Crippen LogP) is 4.01. The summed E-state index contributed by atoms with van der Waals surface area (Å²) in [6.07, 6.45) is 3.32. The Balaban J connectivity index is 1.93. The number of allylic oxidation sites excluding steroid dienone is 1. The summed E-state index contributed by atoms with van der Waals surface area (Å²) in [5.41, 5.74) is 3.19. The first-order chi connectivity index (χ1) is 11.6. The number of methoxy groups -OCH3 is 1. The predicted molar refractivity (Wildman–Crippen MR) is 92.9 cm³/mol. The van der Waals surface area contributed by atoms with E-state index in [1.54, 1.807) is 18.2 Å². The molecular weight excluding hydrogens is 304 g/mol. The number of hydrogen-bond donors (Lipinski definition) is 1. The average Bonchev–Trinajstić information content (AvgIpc) is 2.91. The van der Waals surface area contributed by atoms with E-state index in [-0.39, 0.29) is 11.5 Å². The normalized spacial score (nSPS) is 14.8. The molecule has 2 aromatic carbocycles. The lowest BCUT2D eigenvalue weighted by molar-refractivity contribution is 0.103. The molecule has 3 rings (SSSR count). The first-order valence-corrected chi connectivity index (χ1v) is 8.01. The molecule has 0 bridgehead atoms. The van der Waals surface area contributed by atoms with E-state index in [9.17, 15) is 9.90 Å². The van der Waals surface area contributed by atoms with E-state index >= 15 is 0 Å². The molecule has 0 fully saturated rings. The quantitative estimate of drug-likeness (QED) is 0.844. The molecule has 0 unspecified atom stereocenters. The Kier molecular flexibility index (Phi) is 4.56. The second-order valence-electron chi connectivity index (χ2n) is 5.75. The maximum Gasteiger partial charge on any atom is 0.193 e. The van der Waals surface area contributed by atoms with E-state index in [1.165, 1.54) is 7.11 Å². The van der Waals surface area contributed by atoms with Crippen LogP contribution in [0.5, 0.6) is 17.2 Å². The summed E-state index contributed by atoms with van der Waals surface area (Å²) >= 11 is 0. The zero-order valence-electron chi connectivity index (χ0n) is 13.8. The standard InChI is InChI=1S/C20H20O4/c1-3-9-24-17-6-4-5-14-12-15(20(22)19(14)17)10-13-7-8-16(21)18(11-13)23-2/h4-8,10-11,21H,3,9,12H2,1-2H3. The highest BCUT2D eigenvalue weighted by Crippen LogP contribution is 2.35. The number of carbonyl (C=O) groups excluding carboxylic acids is 1. The van der Waals surface area contributed by atoms with Gasteiger partial charge in [-0.1, -0.05) is 25.1 Å². The fraction of sp³-hybridized carbons (Fsp3) is 0.250. The molecule has 0 saturated carbocycles. The average molecular weight is 324 g/mol. The fourth-order valence-electron chi connectivity index (χ4n) is 2.86. The van der Waals surface area contributed by atoms with E-state index in [2.05, 4.69) is 0 Å². The molecule has 24 heavy (non-hydrogen) atoms.